The fraction of sp³-hybridized carbons (Fsp3) is 0.417. The van der Waals surface area contributed by atoms with Crippen molar-refractivity contribution in [1.82, 2.24) is 5.32 Å². The minimum Gasteiger partial charge on any atom is -0.388 e. The van der Waals surface area contributed by atoms with Crippen molar-refractivity contribution in [2.45, 2.75) is 25.9 Å². The van der Waals surface area contributed by atoms with E-state index in [0.29, 0.717) is 17.0 Å². The Kier molecular flexibility index (Phi) is 4.80. The standard InChI is InChI=1S/C12H15Cl2NO2/c1-3-12(2,17)7-15-11(16)8-5-4-6-9(13)10(8)14/h4-6,17H,3,7H2,1-2H3,(H,15,16)/t12-/m1/s1. The van der Waals surface area contributed by atoms with Crippen molar-refractivity contribution in [3.05, 3.63) is 33.8 Å². The number of rotatable bonds is 4. The highest BCUT2D eigenvalue weighted by molar-refractivity contribution is 6.43. The summed E-state index contributed by atoms with van der Waals surface area (Å²) in [7, 11) is 0. The van der Waals surface area contributed by atoms with Gasteiger partial charge in [-0.15, -0.1) is 0 Å². The Morgan fingerprint density at radius 3 is 2.71 bits per heavy atom. The van der Waals surface area contributed by atoms with Crippen molar-refractivity contribution in [3.63, 3.8) is 0 Å². The van der Waals surface area contributed by atoms with Crippen LogP contribution in [-0.4, -0.2) is 23.2 Å². The molecule has 0 aliphatic rings. The summed E-state index contributed by atoms with van der Waals surface area (Å²) in [6.45, 7) is 3.68. The summed E-state index contributed by atoms with van der Waals surface area (Å²) in [5.74, 6) is -0.341. The van der Waals surface area contributed by atoms with Crippen LogP contribution in [0.1, 0.15) is 30.6 Å². The topological polar surface area (TPSA) is 49.3 Å². The predicted molar refractivity (Wildman–Crippen MR) is 69.7 cm³/mol. The second-order valence-corrected chi connectivity index (χ2v) is 4.92. The normalized spacial score (nSPS) is 14.2. The molecule has 0 radical (unpaired) electrons. The summed E-state index contributed by atoms with van der Waals surface area (Å²) < 4.78 is 0. The second-order valence-electron chi connectivity index (χ2n) is 4.13. The van der Waals surface area contributed by atoms with Crippen LogP contribution in [0.3, 0.4) is 0 Å². The third kappa shape index (κ3) is 3.87. The number of hydrogen-bond donors (Lipinski definition) is 2. The van der Waals surface area contributed by atoms with Crippen LogP contribution in [0.25, 0.3) is 0 Å². The van der Waals surface area contributed by atoms with Crippen LogP contribution < -0.4 is 5.32 Å². The molecule has 0 saturated heterocycles. The molecule has 0 saturated carbocycles. The van der Waals surface area contributed by atoms with E-state index in [9.17, 15) is 9.90 Å². The van der Waals surface area contributed by atoms with Crippen LogP contribution in [0, 0.1) is 0 Å². The molecule has 1 aromatic rings. The van der Waals surface area contributed by atoms with Crippen LogP contribution in [0.15, 0.2) is 18.2 Å². The number of carbonyl (C=O) groups excluding carboxylic acids is 1. The van der Waals surface area contributed by atoms with Gasteiger partial charge in [0, 0.05) is 6.54 Å². The lowest BCUT2D eigenvalue weighted by Crippen LogP contribution is -2.40. The molecule has 2 N–H and O–H groups in total. The minimum atomic E-state index is -0.916. The van der Waals surface area contributed by atoms with E-state index in [1.54, 1.807) is 25.1 Å². The molecule has 0 spiro atoms. The molecule has 1 rings (SSSR count). The third-order valence-electron chi connectivity index (χ3n) is 2.59. The highest BCUT2D eigenvalue weighted by Crippen LogP contribution is 2.25. The number of benzene rings is 1. The average Bonchev–Trinajstić information content (AvgIpc) is 2.30. The van der Waals surface area contributed by atoms with Crippen LogP contribution >= 0.6 is 23.2 Å². The summed E-state index contributed by atoms with van der Waals surface area (Å²) >= 11 is 11.7. The van der Waals surface area contributed by atoms with Crippen LogP contribution in [0.5, 0.6) is 0 Å². The summed E-state index contributed by atoms with van der Waals surface area (Å²) in [6.07, 6.45) is 0.552. The Hall–Kier alpha value is -0.770. The highest BCUT2D eigenvalue weighted by Gasteiger charge is 2.20. The lowest BCUT2D eigenvalue weighted by Gasteiger charge is -2.21. The molecule has 3 nitrogen and oxygen atoms in total. The molecule has 0 aliphatic heterocycles. The number of hydrogen-bond acceptors (Lipinski definition) is 2. The van der Waals surface area contributed by atoms with Gasteiger partial charge in [-0.25, -0.2) is 0 Å². The van der Waals surface area contributed by atoms with Gasteiger partial charge in [0.25, 0.3) is 5.91 Å². The number of nitrogens with one attached hydrogen (secondary N) is 1. The van der Waals surface area contributed by atoms with Crippen LogP contribution in [0.2, 0.25) is 10.0 Å². The molecule has 0 aromatic heterocycles. The predicted octanol–water partition coefficient (Wildman–Crippen LogP) is 2.88. The second kappa shape index (κ2) is 5.71. The van der Waals surface area contributed by atoms with E-state index in [4.69, 9.17) is 23.2 Å². The van der Waals surface area contributed by atoms with E-state index in [-0.39, 0.29) is 17.5 Å². The molecule has 0 bridgehead atoms. The first kappa shape index (κ1) is 14.3. The Balaban J connectivity index is 2.74. The molecular formula is C12H15Cl2NO2. The average molecular weight is 276 g/mol. The monoisotopic (exact) mass is 275 g/mol. The van der Waals surface area contributed by atoms with E-state index in [1.807, 2.05) is 6.92 Å². The van der Waals surface area contributed by atoms with Crippen molar-refractivity contribution in [3.8, 4) is 0 Å². The highest BCUT2D eigenvalue weighted by atomic mass is 35.5. The number of halogens is 2. The quantitative estimate of drug-likeness (QED) is 0.888. The first-order valence-corrected chi connectivity index (χ1v) is 6.07. The molecule has 1 atom stereocenters. The molecule has 1 amide bonds. The molecule has 0 aliphatic carbocycles. The van der Waals surface area contributed by atoms with Gasteiger partial charge in [-0.1, -0.05) is 36.2 Å². The van der Waals surface area contributed by atoms with Gasteiger partial charge in [-0.3, -0.25) is 4.79 Å². The summed E-state index contributed by atoms with van der Waals surface area (Å²) in [6, 6.07) is 4.86. The molecule has 94 valence electrons. The molecule has 0 fully saturated rings. The maximum atomic E-state index is 11.8. The number of amides is 1. The molecular weight excluding hydrogens is 261 g/mol. The van der Waals surface area contributed by atoms with Gasteiger partial charge in [-0.2, -0.15) is 0 Å². The fourth-order valence-corrected chi connectivity index (χ4v) is 1.56. The number of aliphatic hydroxyl groups is 1. The van der Waals surface area contributed by atoms with Crippen LogP contribution in [0.4, 0.5) is 0 Å². The molecule has 5 heteroatoms. The van der Waals surface area contributed by atoms with E-state index < -0.39 is 5.60 Å². The molecule has 17 heavy (non-hydrogen) atoms. The first-order chi connectivity index (χ1) is 7.87. The Bertz CT molecular complexity index is 419. The first-order valence-electron chi connectivity index (χ1n) is 5.32. The van der Waals surface area contributed by atoms with Gasteiger partial charge >= 0.3 is 0 Å². The Morgan fingerprint density at radius 2 is 2.12 bits per heavy atom. The number of carbonyl (C=O) groups is 1. The zero-order chi connectivity index (χ0) is 13.1. The lowest BCUT2D eigenvalue weighted by atomic mass is 10.0. The summed E-state index contributed by atoms with van der Waals surface area (Å²) in [5, 5.41) is 13.0. The van der Waals surface area contributed by atoms with Crippen molar-refractivity contribution < 1.29 is 9.90 Å². The molecule has 0 heterocycles. The zero-order valence-corrected chi connectivity index (χ0v) is 11.3. The SMILES string of the molecule is CC[C@@](C)(O)CNC(=O)c1cccc(Cl)c1Cl. The third-order valence-corrected chi connectivity index (χ3v) is 3.41. The van der Waals surface area contributed by atoms with E-state index in [0.717, 1.165) is 0 Å². The van der Waals surface area contributed by atoms with E-state index >= 15 is 0 Å². The Morgan fingerprint density at radius 1 is 1.47 bits per heavy atom. The van der Waals surface area contributed by atoms with Gasteiger partial charge in [0.05, 0.1) is 21.2 Å². The van der Waals surface area contributed by atoms with Gasteiger partial charge < -0.3 is 10.4 Å². The van der Waals surface area contributed by atoms with E-state index in [1.165, 1.54) is 0 Å². The summed E-state index contributed by atoms with van der Waals surface area (Å²) in [4.78, 5) is 11.8. The van der Waals surface area contributed by atoms with Crippen LogP contribution in [-0.2, 0) is 0 Å². The van der Waals surface area contributed by atoms with Gasteiger partial charge in [-0.05, 0) is 25.5 Å². The van der Waals surface area contributed by atoms with E-state index in [2.05, 4.69) is 5.32 Å². The zero-order valence-electron chi connectivity index (χ0n) is 9.76. The largest absolute Gasteiger partial charge is 0.388 e. The van der Waals surface area contributed by atoms with Gasteiger partial charge in [0.15, 0.2) is 0 Å². The van der Waals surface area contributed by atoms with Crippen molar-refractivity contribution in [2.75, 3.05) is 6.54 Å². The maximum absolute atomic E-state index is 11.8. The van der Waals surface area contributed by atoms with Crippen molar-refractivity contribution in [1.29, 1.82) is 0 Å². The molecule has 0 unspecified atom stereocenters. The van der Waals surface area contributed by atoms with Crippen molar-refractivity contribution >= 4 is 29.1 Å². The minimum absolute atomic E-state index is 0.172. The van der Waals surface area contributed by atoms with Crippen molar-refractivity contribution in [2.24, 2.45) is 0 Å². The maximum Gasteiger partial charge on any atom is 0.252 e. The smallest absolute Gasteiger partial charge is 0.252 e. The van der Waals surface area contributed by atoms with Gasteiger partial charge in [0.1, 0.15) is 0 Å². The fourth-order valence-electron chi connectivity index (χ4n) is 1.17. The summed E-state index contributed by atoms with van der Waals surface area (Å²) in [5.41, 5.74) is -0.605. The van der Waals surface area contributed by atoms with Gasteiger partial charge in [0.2, 0.25) is 0 Å². The Labute approximate surface area is 111 Å². The molecule has 1 aromatic carbocycles. The lowest BCUT2D eigenvalue weighted by molar-refractivity contribution is 0.0518.